The van der Waals surface area contributed by atoms with Crippen molar-refractivity contribution in [3.63, 3.8) is 0 Å². The fourth-order valence-corrected chi connectivity index (χ4v) is 3.99. The number of nitrogens with zero attached hydrogens (tertiary/aromatic N) is 2. The van der Waals surface area contributed by atoms with E-state index < -0.39 is 0 Å². The van der Waals surface area contributed by atoms with Gasteiger partial charge in [0, 0.05) is 49.9 Å². The topological polar surface area (TPSA) is 35.6 Å². The normalized spacial score (nSPS) is 19.0. The molecule has 0 radical (unpaired) electrons. The van der Waals surface area contributed by atoms with E-state index in [1.807, 2.05) is 0 Å². The van der Waals surface area contributed by atoms with Crippen molar-refractivity contribution in [1.82, 2.24) is 15.1 Å². The van der Waals surface area contributed by atoms with Crippen molar-refractivity contribution < 1.29 is 9.18 Å². The van der Waals surface area contributed by atoms with Gasteiger partial charge in [-0.05, 0) is 44.2 Å². The van der Waals surface area contributed by atoms with Crippen molar-refractivity contribution in [1.29, 1.82) is 0 Å². The Bertz CT molecular complexity index is 651. The Kier molecular flexibility index (Phi) is 7.68. The molecule has 1 heterocycles. The highest BCUT2D eigenvalue weighted by atomic mass is 35.5. The van der Waals surface area contributed by atoms with Crippen LogP contribution < -0.4 is 5.32 Å². The molecular weight excluding hydrogens is 365 g/mol. The van der Waals surface area contributed by atoms with Gasteiger partial charge in [0.1, 0.15) is 5.82 Å². The minimum absolute atomic E-state index is 0.0945. The SMILES string of the molecule is O=C(CN1CCN(Cc2c(F)cccc2Cl)CC1)NCCC1=CCCCC1. The lowest BCUT2D eigenvalue weighted by Gasteiger charge is -2.34. The average Bonchev–Trinajstić information content (AvgIpc) is 2.67. The highest BCUT2D eigenvalue weighted by Gasteiger charge is 2.20. The van der Waals surface area contributed by atoms with E-state index in [-0.39, 0.29) is 11.7 Å². The van der Waals surface area contributed by atoms with E-state index in [1.165, 1.54) is 37.3 Å². The summed E-state index contributed by atoms with van der Waals surface area (Å²) in [5.74, 6) is -0.158. The summed E-state index contributed by atoms with van der Waals surface area (Å²) < 4.78 is 13.9. The zero-order valence-corrected chi connectivity index (χ0v) is 16.6. The standard InChI is InChI=1S/C21H29ClFN3O/c22-19-7-4-8-20(23)18(19)15-25-11-13-26(14-12-25)16-21(27)24-10-9-17-5-2-1-3-6-17/h4-5,7-8H,1-3,6,9-16H2,(H,24,27). The lowest BCUT2D eigenvalue weighted by molar-refractivity contribution is -0.122. The lowest BCUT2D eigenvalue weighted by atomic mass is 9.97. The number of nitrogens with one attached hydrogen (secondary N) is 1. The minimum atomic E-state index is -0.252. The molecule has 1 aromatic carbocycles. The van der Waals surface area contributed by atoms with Crippen molar-refractivity contribution in [3.8, 4) is 0 Å². The number of carbonyl (C=O) groups is 1. The molecular formula is C21H29ClFN3O. The maximum Gasteiger partial charge on any atom is 0.234 e. The second-order valence-electron chi connectivity index (χ2n) is 7.46. The molecule has 4 nitrogen and oxygen atoms in total. The van der Waals surface area contributed by atoms with Crippen molar-refractivity contribution in [3.05, 3.63) is 46.3 Å². The van der Waals surface area contributed by atoms with Gasteiger partial charge in [-0.1, -0.05) is 29.3 Å². The van der Waals surface area contributed by atoms with E-state index >= 15 is 0 Å². The molecule has 0 unspecified atom stereocenters. The van der Waals surface area contributed by atoms with Crippen molar-refractivity contribution >= 4 is 17.5 Å². The third kappa shape index (κ3) is 6.30. The molecule has 1 fully saturated rings. The Morgan fingerprint density at radius 2 is 1.93 bits per heavy atom. The number of piperazine rings is 1. The number of amides is 1. The lowest BCUT2D eigenvalue weighted by Crippen LogP contribution is -2.49. The summed E-state index contributed by atoms with van der Waals surface area (Å²) in [6.45, 7) is 4.93. The molecule has 0 atom stereocenters. The predicted molar refractivity (Wildman–Crippen MR) is 107 cm³/mol. The Hall–Kier alpha value is -1.43. The van der Waals surface area contributed by atoms with E-state index in [0.717, 1.165) is 39.1 Å². The maximum atomic E-state index is 13.9. The van der Waals surface area contributed by atoms with Crippen LogP contribution in [0.2, 0.25) is 5.02 Å². The van der Waals surface area contributed by atoms with Crippen LogP contribution in [0, 0.1) is 5.82 Å². The van der Waals surface area contributed by atoms with Crippen LogP contribution in [0.3, 0.4) is 0 Å². The summed E-state index contributed by atoms with van der Waals surface area (Å²) in [6.07, 6.45) is 8.25. The monoisotopic (exact) mass is 393 g/mol. The number of hydrogen-bond donors (Lipinski definition) is 1. The summed E-state index contributed by atoms with van der Waals surface area (Å²) in [6, 6.07) is 4.80. The van der Waals surface area contributed by atoms with Crippen molar-refractivity contribution in [2.24, 2.45) is 0 Å². The average molecular weight is 394 g/mol. The summed E-state index contributed by atoms with van der Waals surface area (Å²) in [7, 11) is 0. The second-order valence-corrected chi connectivity index (χ2v) is 7.87. The van der Waals surface area contributed by atoms with Crippen LogP contribution in [0.4, 0.5) is 4.39 Å². The third-order valence-corrected chi connectivity index (χ3v) is 5.78. The first-order chi connectivity index (χ1) is 13.1. The molecule has 27 heavy (non-hydrogen) atoms. The van der Waals surface area contributed by atoms with Crippen molar-refractivity contribution in [2.45, 2.75) is 38.6 Å². The van der Waals surface area contributed by atoms with Crippen LogP contribution in [0.1, 0.15) is 37.7 Å². The first kappa shape index (κ1) is 20.3. The van der Waals surface area contributed by atoms with Gasteiger partial charge in [0.15, 0.2) is 0 Å². The number of benzene rings is 1. The van der Waals surface area contributed by atoms with E-state index in [4.69, 9.17) is 11.6 Å². The largest absolute Gasteiger partial charge is 0.355 e. The molecule has 1 aliphatic heterocycles. The van der Waals surface area contributed by atoms with Crippen LogP contribution in [-0.4, -0.2) is 55.0 Å². The molecule has 0 saturated carbocycles. The van der Waals surface area contributed by atoms with Crippen molar-refractivity contribution in [2.75, 3.05) is 39.3 Å². The van der Waals surface area contributed by atoms with Gasteiger partial charge >= 0.3 is 0 Å². The molecule has 1 aromatic rings. The molecule has 0 spiro atoms. The summed E-state index contributed by atoms with van der Waals surface area (Å²) in [5, 5.41) is 3.52. The highest BCUT2D eigenvalue weighted by Crippen LogP contribution is 2.21. The molecule has 0 bridgehead atoms. The summed E-state index contributed by atoms with van der Waals surface area (Å²) in [4.78, 5) is 16.5. The molecule has 2 aliphatic rings. The minimum Gasteiger partial charge on any atom is -0.355 e. The molecule has 148 valence electrons. The fourth-order valence-electron chi connectivity index (χ4n) is 3.77. The zero-order chi connectivity index (χ0) is 19.1. The van der Waals surface area contributed by atoms with Crippen LogP contribution in [0.5, 0.6) is 0 Å². The second kappa shape index (κ2) is 10.2. The van der Waals surface area contributed by atoms with Crippen LogP contribution >= 0.6 is 11.6 Å². The Morgan fingerprint density at radius 1 is 1.15 bits per heavy atom. The number of allylic oxidation sites excluding steroid dienone is 1. The number of carbonyl (C=O) groups excluding carboxylic acids is 1. The van der Waals surface area contributed by atoms with Gasteiger partial charge < -0.3 is 5.32 Å². The number of hydrogen-bond acceptors (Lipinski definition) is 3. The molecule has 0 aromatic heterocycles. The summed E-state index contributed by atoms with van der Waals surface area (Å²) >= 11 is 6.12. The quantitative estimate of drug-likeness (QED) is 0.719. The maximum absolute atomic E-state index is 13.9. The van der Waals surface area contributed by atoms with Gasteiger partial charge in [0.05, 0.1) is 6.54 Å². The first-order valence-electron chi connectivity index (χ1n) is 9.94. The Morgan fingerprint density at radius 3 is 2.63 bits per heavy atom. The van der Waals surface area contributed by atoms with E-state index in [0.29, 0.717) is 23.7 Å². The number of halogens is 2. The van der Waals surface area contributed by atoms with E-state index in [9.17, 15) is 9.18 Å². The Labute approximate surface area is 166 Å². The zero-order valence-electron chi connectivity index (χ0n) is 15.9. The fraction of sp³-hybridized carbons (Fsp3) is 0.571. The van der Waals surface area contributed by atoms with Crippen LogP contribution in [0.25, 0.3) is 0 Å². The van der Waals surface area contributed by atoms with Gasteiger partial charge in [-0.3, -0.25) is 14.6 Å². The number of rotatable bonds is 7. The molecule has 1 saturated heterocycles. The molecule has 1 N–H and O–H groups in total. The molecule has 6 heteroatoms. The first-order valence-corrected chi connectivity index (χ1v) is 10.3. The van der Waals surface area contributed by atoms with Gasteiger partial charge in [-0.2, -0.15) is 0 Å². The van der Waals surface area contributed by atoms with Gasteiger partial charge in [0.25, 0.3) is 0 Å². The molecule has 3 rings (SSSR count). The van der Waals surface area contributed by atoms with E-state index in [2.05, 4.69) is 21.2 Å². The third-order valence-electron chi connectivity index (χ3n) is 5.43. The van der Waals surface area contributed by atoms with Gasteiger partial charge in [-0.15, -0.1) is 0 Å². The Balaban J connectivity index is 1.35. The highest BCUT2D eigenvalue weighted by molar-refractivity contribution is 6.31. The van der Waals surface area contributed by atoms with Crippen LogP contribution in [-0.2, 0) is 11.3 Å². The smallest absolute Gasteiger partial charge is 0.234 e. The van der Waals surface area contributed by atoms with Gasteiger partial charge in [-0.25, -0.2) is 4.39 Å². The molecule has 1 aliphatic carbocycles. The van der Waals surface area contributed by atoms with E-state index in [1.54, 1.807) is 12.1 Å². The molecule has 1 amide bonds. The van der Waals surface area contributed by atoms with Gasteiger partial charge in [0.2, 0.25) is 5.91 Å². The summed E-state index contributed by atoms with van der Waals surface area (Å²) in [5.41, 5.74) is 2.05. The predicted octanol–water partition coefficient (Wildman–Crippen LogP) is 3.60. The van der Waals surface area contributed by atoms with Crippen LogP contribution in [0.15, 0.2) is 29.8 Å².